The second kappa shape index (κ2) is 6.57. The summed E-state index contributed by atoms with van der Waals surface area (Å²) in [5, 5.41) is 20.5. The molecule has 23 heavy (non-hydrogen) atoms. The Bertz CT molecular complexity index is 752. The third-order valence-corrected chi connectivity index (χ3v) is 3.83. The molecule has 7 nitrogen and oxygen atoms in total. The molecular formula is C16H21NO6. The van der Waals surface area contributed by atoms with Crippen LogP contribution in [-0.4, -0.2) is 47.5 Å². The highest BCUT2D eigenvalue weighted by atomic mass is 16.6. The van der Waals surface area contributed by atoms with Crippen molar-refractivity contribution in [3.63, 3.8) is 0 Å². The van der Waals surface area contributed by atoms with E-state index in [-0.39, 0.29) is 12.2 Å². The Morgan fingerprint density at radius 1 is 1.30 bits per heavy atom. The standard InChI is InChI=1S/C16H21NO6/c1-16(20,22-4)13(18)9-23-11-7-5-6-10-12(21-3)8-14(19)17(2)15(10)11/h5-8,13,18,20H,9H2,1-4H3/t13-,16+/m1/s1. The lowest BCUT2D eigenvalue weighted by atomic mass is 10.1. The molecule has 2 atom stereocenters. The van der Waals surface area contributed by atoms with Crippen LogP contribution in [0.25, 0.3) is 10.9 Å². The predicted molar refractivity (Wildman–Crippen MR) is 84.9 cm³/mol. The predicted octanol–water partition coefficient (Wildman–Crippen LogP) is 0.642. The van der Waals surface area contributed by atoms with Gasteiger partial charge in [0.2, 0.25) is 0 Å². The Labute approximate surface area is 133 Å². The van der Waals surface area contributed by atoms with Crippen LogP contribution in [0.3, 0.4) is 0 Å². The molecule has 2 N–H and O–H groups in total. The minimum absolute atomic E-state index is 0.203. The smallest absolute Gasteiger partial charge is 0.254 e. The molecule has 0 saturated heterocycles. The van der Waals surface area contributed by atoms with E-state index < -0.39 is 11.9 Å². The molecule has 1 aromatic carbocycles. The number of ether oxygens (including phenoxy) is 3. The number of aliphatic hydroxyl groups excluding tert-OH is 1. The van der Waals surface area contributed by atoms with Crippen molar-refractivity contribution in [1.82, 2.24) is 4.57 Å². The maximum Gasteiger partial charge on any atom is 0.254 e. The van der Waals surface area contributed by atoms with E-state index in [2.05, 4.69) is 0 Å². The van der Waals surface area contributed by atoms with E-state index in [9.17, 15) is 15.0 Å². The van der Waals surface area contributed by atoms with Gasteiger partial charge in [-0.05, 0) is 19.1 Å². The molecule has 0 fully saturated rings. The SMILES string of the molecule is COc1cc(=O)n(C)c2c(OC[C@@H](O)[C@@](C)(O)OC)cccc12. The highest BCUT2D eigenvalue weighted by Gasteiger charge is 2.30. The van der Waals surface area contributed by atoms with Crippen molar-refractivity contribution in [1.29, 1.82) is 0 Å². The van der Waals surface area contributed by atoms with Gasteiger partial charge in [-0.25, -0.2) is 0 Å². The Morgan fingerprint density at radius 3 is 2.61 bits per heavy atom. The maximum atomic E-state index is 12.0. The summed E-state index contributed by atoms with van der Waals surface area (Å²) in [6.45, 7) is 1.13. The van der Waals surface area contributed by atoms with Crippen molar-refractivity contribution >= 4 is 10.9 Å². The highest BCUT2D eigenvalue weighted by Crippen LogP contribution is 2.30. The van der Waals surface area contributed by atoms with Crippen LogP contribution >= 0.6 is 0 Å². The van der Waals surface area contributed by atoms with Gasteiger partial charge in [0, 0.05) is 25.6 Å². The zero-order valence-corrected chi connectivity index (χ0v) is 13.6. The molecule has 0 saturated carbocycles. The van der Waals surface area contributed by atoms with Crippen LogP contribution in [0.5, 0.6) is 11.5 Å². The van der Waals surface area contributed by atoms with Crippen LogP contribution in [0.1, 0.15) is 6.92 Å². The number of aryl methyl sites for hydroxylation is 1. The van der Waals surface area contributed by atoms with Gasteiger partial charge in [-0.15, -0.1) is 0 Å². The number of hydrogen-bond donors (Lipinski definition) is 2. The largest absolute Gasteiger partial charge is 0.496 e. The normalized spacial score (nSPS) is 15.2. The molecule has 0 spiro atoms. The average molecular weight is 323 g/mol. The first kappa shape index (κ1) is 17.3. The number of rotatable bonds is 6. The molecular weight excluding hydrogens is 302 g/mol. The van der Waals surface area contributed by atoms with E-state index in [0.717, 1.165) is 0 Å². The minimum atomic E-state index is -1.73. The monoisotopic (exact) mass is 323 g/mol. The lowest BCUT2D eigenvalue weighted by molar-refractivity contribution is -0.235. The first-order chi connectivity index (χ1) is 10.8. The van der Waals surface area contributed by atoms with Crippen LogP contribution in [0.2, 0.25) is 0 Å². The van der Waals surface area contributed by atoms with E-state index in [1.807, 2.05) is 6.07 Å². The van der Waals surface area contributed by atoms with Crippen molar-refractivity contribution in [2.24, 2.45) is 7.05 Å². The lowest BCUT2D eigenvalue weighted by Crippen LogP contribution is -2.44. The summed E-state index contributed by atoms with van der Waals surface area (Å²) in [5.74, 6) is -0.890. The van der Waals surface area contributed by atoms with Gasteiger partial charge in [0.15, 0.2) is 5.79 Å². The molecule has 1 heterocycles. The summed E-state index contributed by atoms with van der Waals surface area (Å²) < 4.78 is 17.1. The quantitative estimate of drug-likeness (QED) is 0.758. The fraction of sp³-hybridized carbons (Fsp3) is 0.438. The van der Waals surface area contributed by atoms with E-state index >= 15 is 0 Å². The number of fused-ring (bicyclic) bond motifs is 1. The third-order valence-electron chi connectivity index (χ3n) is 3.83. The molecule has 1 aromatic heterocycles. The van der Waals surface area contributed by atoms with E-state index in [1.54, 1.807) is 19.2 Å². The van der Waals surface area contributed by atoms with Gasteiger partial charge in [0.25, 0.3) is 5.56 Å². The summed E-state index contributed by atoms with van der Waals surface area (Å²) in [7, 11) is 4.40. The lowest BCUT2D eigenvalue weighted by Gasteiger charge is -2.27. The summed E-state index contributed by atoms with van der Waals surface area (Å²) >= 11 is 0. The van der Waals surface area contributed by atoms with Gasteiger partial charge >= 0.3 is 0 Å². The zero-order chi connectivity index (χ0) is 17.2. The van der Waals surface area contributed by atoms with Gasteiger partial charge in [-0.2, -0.15) is 0 Å². The fourth-order valence-corrected chi connectivity index (χ4v) is 2.21. The number of para-hydroxylation sites is 1. The number of benzene rings is 1. The van der Waals surface area contributed by atoms with Crippen molar-refractivity contribution in [2.75, 3.05) is 20.8 Å². The number of methoxy groups -OCH3 is 2. The molecule has 0 aliphatic heterocycles. The molecule has 0 radical (unpaired) electrons. The van der Waals surface area contributed by atoms with Crippen LogP contribution < -0.4 is 15.0 Å². The molecule has 0 aliphatic rings. The number of nitrogens with zero attached hydrogens (tertiary/aromatic N) is 1. The topological polar surface area (TPSA) is 90.2 Å². The van der Waals surface area contributed by atoms with Gasteiger partial charge in [-0.3, -0.25) is 4.79 Å². The molecule has 0 bridgehead atoms. The molecule has 0 amide bonds. The number of hydrogen-bond acceptors (Lipinski definition) is 6. The minimum Gasteiger partial charge on any atom is -0.496 e. The molecule has 2 aromatic rings. The van der Waals surface area contributed by atoms with Crippen LogP contribution in [0, 0.1) is 0 Å². The first-order valence-electron chi connectivity index (χ1n) is 7.07. The van der Waals surface area contributed by atoms with E-state index in [4.69, 9.17) is 14.2 Å². The van der Waals surface area contributed by atoms with Crippen molar-refractivity contribution in [3.8, 4) is 11.5 Å². The second-order valence-corrected chi connectivity index (χ2v) is 5.35. The molecule has 0 aliphatic carbocycles. The number of aromatic nitrogens is 1. The van der Waals surface area contributed by atoms with Crippen LogP contribution in [-0.2, 0) is 11.8 Å². The zero-order valence-electron chi connectivity index (χ0n) is 13.6. The van der Waals surface area contributed by atoms with Crippen LogP contribution in [0.15, 0.2) is 29.1 Å². The second-order valence-electron chi connectivity index (χ2n) is 5.35. The number of pyridine rings is 1. The number of aliphatic hydroxyl groups is 2. The Kier molecular flexibility index (Phi) is 4.93. The van der Waals surface area contributed by atoms with Crippen LogP contribution in [0.4, 0.5) is 0 Å². The molecule has 0 unspecified atom stereocenters. The van der Waals surface area contributed by atoms with Crippen molar-refractivity contribution in [2.45, 2.75) is 18.8 Å². The average Bonchev–Trinajstić information content (AvgIpc) is 2.55. The summed E-state index contributed by atoms with van der Waals surface area (Å²) in [4.78, 5) is 12.0. The fourth-order valence-electron chi connectivity index (χ4n) is 2.21. The van der Waals surface area contributed by atoms with E-state index in [0.29, 0.717) is 22.4 Å². The summed E-state index contributed by atoms with van der Waals surface area (Å²) in [6, 6.07) is 6.64. The van der Waals surface area contributed by atoms with Gasteiger partial charge in [-0.1, -0.05) is 6.07 Å². The van der Waals surface area contributed by atoms with Crippen molar-refractivity contribution in [3.05, 3.63) is 34.6 Å². The Morgan fingerprint density at radius 2 is 2.00 bits per heavy atom. The summed E-state index contributed by atoms with van der Waals surface area (Å²) in [5.41, 5.74) is 0.302. The maximum absolute atomic E-state index is 12.0. The highest BCUT2D eigenvalue weighted by molar-refractivity contribution is 5.90. The van der Waals surface area contributed by atoms with Crippen molar-refractivity contribution < 1.29 is 24.4 Å². The summed E-state index contributed by atoms with van der Waals surface area (Å²) in [6.07, 6.45) is -1.26. The molecule has 2 rings (SSSR count). The van der Waals surface area contributed by atoms with Gasteiger partial charge in [0.05, 0.1) is 12.6 Å². The molecule has 126 valence electrons. The third kappa shape index (κ3) is 3.31. The first-order valence-corrected chi connectivity index (χ1v) is 7.07. The van der Waals surface area contributed by atoms with Gasteiger partial charge in [0.1, 0.15) is 24.2 Å². The van der Waals surface area contributed by atoms with Gasteiger partial charge < -0.3 is 29.0 Å². The Balaban J connectivity index is 2.42. The molecule has 7 heteroatoms. The Hall–Kier alpha value is -2.09. The van der Waals surface area contributed by atoms with E-state index in [1.165, 1.54) is 31.8 Å².